The Morgan fingerprint density at radius 3 is 2.77 bits per heavy atom. The van der Waals surface area contributed by atoms with Crippen molar-refractivity contribution < 1.29 is 4.74 Å². The molecule has 1 fully saturated rings. The Morgan fingerprint density at radius 1 is 1.31 bits per heavy atom. The quantitative estimate of drug-likeness (QED) is 0.587. The van der Waals surface area contributed by atoms with Gasteiger partial charge in [0.25, 0.3) is 0 Å². The molecule has 0 radical (unpaired) electrons. The van der Waals surface area contributed by atoms with E-state index in [1.807, 2.05) is 32.4 Å². The van der Waals surface area contributed by atoms with Crippen LogP contribution in [0.1, 0.15) is 40.1 Å². The highest BCUT2D eigenvalue weighted by Gasteiger charge is 2.16. The first-order valence-electron chi connectivity index (χ1n) is 8.94. The molecule has 1 aliphatic heterocycles. The van der Waals surface area contributed by atoms with E-state index in [1.165, 1.54) is 4.88 Å². The van der Waals surface area contributed by atoms with Gasteiger partial charge in [-0.2, -0.15) is 0 Å². The maximum Gasteiger partial charge on any atom is 0.192 e. The highest BCUT2D eigenvalue weighted by atomic mass is 32.1. The van der Waals surface area contributed by atoms with Gasteiger partial charge in [-0.3, -0.25) is 0 Å². The number of aromatic nitrogens is 4. The van der Waals surface area contributed by atoms with Crippen LogP contribution in [0.5, 0.6) is 0 Å². The summed E-state index contributed by atoms with van der Waals surface area (Å²) in [7, 11) is 1.95. The van der Waals surface area contributed by atoms with Crippen LogP contribution < -0.4 is 10.6 Å². The minimum atomic E-state index is 0.256. The fourth-order valence-corrected chi connectivity index (χ4v) is 3.71. The molecule has 1 aliphatic rings. The molecule has 8 nitrogen and oxygen atoms in total. The predicted octanol–water partition coefficient (Wildman–Crippen LogP) is 1.61. The van der Waals surface area contributed by atoms with Crippen molar-refractivity contribution in [1.29, 1.82) is 0 Å². The Labute approximate surface area is 158 Å². The number of nitrogens with zero attached hydrogens (tertiary/aromatic N) is 5. The molecule has 3 heterocycles. The first kappa shape index (κ1) is 18.8. The van der Waals surface area contributed by atoms with E-state index in [9.17, 15) is 0 Å². The SMILES string of the molecule is Cc1nc(C)c(CNC(=NCc2nnc(C)n2C)NCC2CCCO2)s1. The van der Waals surface area contributed by atoms with E-state index >= 15 is 0 Å². The van der Waals surface area contributed by atoms with Crippen LogP contribution in [0.3, 0.4) is 0 Å². The summed E-state index contributed by atoms with van der Waals surface area (Å²) >= 11 is 1.71. The van der Waals surface area contributed by atoms with Crippen LogP contribution in [-0.4, -0.2) is 45.0 Å². The van der Waals surface area contributed by atoms with E-state index in [1.54, 1.807) is 11.3 Å². The maximum atomic E-state index is 5.69. The third kappa shape index (κ3) is 4.79. The average Bonchev–Trinajstić information content (AvgIpc) is 3.31. The lowest BCUT2D eigenvalue weighted by molar-refractivity contribution is 0.114. The van der Waals surface area contributed by atoms with Crippen LogP contribution in [0.4, 0.5) is 0 Å². The van der Waals surface area contributed by atoms with Crippen molar-refractivity contribution in [2.45, 2.75) is 52.8 Å². The second-order valence-electron chi connectivity index (χ2n) is 6.50. The van der Waals surface area contributed by atoms with Gasteiger partial charge in [0.2, 0.25) is 0 Å². The molecule has 0 aliphatic carbocycles. The van der Waals surface area contributed by atoms with Crippen LogP contribution in [-0.2, 0) is 24.9 Å². The summed E-state index contributed by atoms with van der Waals surface area (Å²) in [4.78, 5) is 10.4. The standard InChI is InChI=1S/C17H27N7OS/c1-11-15(26-13(3)21-11)9-19-17(18-8-14-6-5-7-25-14)20-10-16-23-22-12(2)24(16)4/h14H,5-10H2,1-4H3,(H2,18,19,20). The summed E-state index contributed by atoms with van der Waals surface area (Å²) in [6, 6.07) is 0. The molecule has 3 rings (SSSR count). The number of thiazole rings is 1. The molecule has 1 saturated heterocycles. The fraction of sp³-hybridized carbons (Fsp3) is 0.647. The molecule has 2 aromatic rings. The molecule has 0 amide bonds. The molecule has 0 spiro atoms. The smallest absolute Gasteiger partial charge is 0.192 e. The summed E-state index contributed by atoms with van der Waals surface area (Å²) in [6.07, 6.45) is 2.48. The van der Waals surface area contributed by atoms with Gasteiger partial charge >= 0.3 is 0 Å². The maximum absolute atomic E-state index is 5.69. The molecular formula is C17H27N7OS. The molecule has 142 valence electrons. The summed E-state index contributed by atoms with van der Waals surface area (Å²) in [6.45, 7) is 8.78. The first-order chi connectivity index (χ1) is 12.5. The second kappa shape index (κ2) is 8.59. The van der Waals surface area contributed by atoms with Crippen LogP contribution in [0.15, 0.2) is 4.99 Å². The monoisotopic (exact) mass is 377 g/mol. The number of nitrogens with one attached hydrogen (secondary N) is 2. The number of hydrogen-bond acceptors (Lipinski definition) is 6. The minimum Gasteiger partial charge on any atom is -0.376 e. The normalized spacial score (nSPS) is 17.7. The number of aryl methyl sites for hydroxylation is 3. The highest BCUT2D eigenvalue weighted by molar-refractivity contribution is 7.11. The van der Waals surface area contributed by atoms with Gasteiger partial charge in [0.15, 0.2) is 11.8 Å². The van der Waals surface area contributed by atoms with Gasteiger partial charge in [-0.25, -0.2) is 9.98 Å². The van der Waals surface area contributed by atoms with Gasteiger partial charge in [-0.05, 0) is 33.6 Å². The zero-order valence-electron chi connectivity index (χ0n) is 15.9. The van der Waals surface area contributed by atoms with Crippen LogP contribution in [0, 0.1) is 20.8 Å². The third-order valence-corrected chi connectivity index (χ3v) is 5.57. The van der Waals surface area contributed by atoms with Crippen molar-refractivity contribution in [3.63, 3.8) is 0 Å². The molecular weight excluding hydrogens is 350 g/mol. The van der Waals surface area contributed by atoms with Crippen LogP contribution in [0.25, 0.3) is 0 Å². The lowest BCUT2D eigenvalue weighted by Gasteiger charge is -2.15. The van der Waals surface area contributed by atoms with Gasteiger partial charge in [-0.1, -0.05) is 0 Å². The Morgan fingerprint density at radius 2 is 2.15 bits per heavy atom. The van der Waals surface area contributed by atoms with Gasteiger partial charge in [0, 0.05) is 25.1 Å². The zero-order chi connectivity index (χ0) is 18.5. The van der Waals surface area contributed by atoms with Crippen molar-refractivity contribution in [3.8, 4) is 0 Å². The third-order valence-electron chi connectivity index (χ3n) is 4.50. The summed E-state index contributed by atoms with van der Waals surface area (Å²) in [5, 5.41) is 16.2. The van der Waals surface area contributed by atoms with E-state index in [-0.39, 0.29) is 6.10 Å². The Bertz CT molecular complexity index is 761. The largest absolute Gasteiger partial charge is 0.376 e. The Hall–Kier alpha value is -2.00. The predicted molar refractivity (Wildman–Crippen MR) is 102 cm³/mol. The highest BCUT2D eigenvalue weighted by Crippen LogP contribution is 2.16. The van der Waals surface area contributed by atoms with Crippen LogP contribution in [0.2, 0.25) is 0 Å². The van der Waals surface area contributed by atoms with Crippen molar-refractivity contribution in [1.82, 2.24) is 30.4 Å². The minimum absolute atomic E-state index is 0.256. The van der Waals surface area contributed by atoms with Gasteiger partial charge in [0.05, 0.1) is 23.4 Å². The Balaban J connectivity index is 1.64. The number of aliphatic imine (C=N–C) groups is 1. The molecule has 26 heavy (non-hydrogen) atoms. The van der Waals surface area contributed by atoms with Crippen molar-refractivity contribution in [2.75, 3.05) is 13.2 Å². The van der Waals surface area contributed by atoms with Gasteiger partial charge < -0.3 is 19.9 Å². The molecule has 0 bridgehead atoms. The van der Waals surface area contributed by atoms with E-state index in [0.717, 1.165) is 54.3 Å². The molecule has 0 saturated carbocycles. The molecule has 2 N–H and O–H groups in total. The number of rotatable bonds is 6. The van der Waals surface area contributed by atoms with Gasteiger partial charge in [-0.15, -0.1) is 21.5 Å². The van der Waals surface area contributed by atoms with E-state index < -0.39 is 0 Å². The molecule has 1 atom stereocenters. The fourth-order valence-electron chi connectivity index (χ4n) is 2.83. The Kier molecular flexibility index (Phi) is 6.20. The molecule has 2 aromatic heterocycles. The number of guanidine groups is 1. The van der Waals surface area contributed by atoms with Crippen molar-refractivity contribution in [2.24, 2.45) is 12.0 Å². The first-order valence-corrected chi connectivity index (χ1v) is 9.76. The summed E-state index contributed by atoms with van der Waals surface area (Å²) in [5.41, 5.74) is 1.07. The summed E-state index contributed by atoms with van der Waals surface area (Å²) < 4.78 is 7.65. The lowest BCUT2D eigenvalue weighted by atomic mass is 10.2. The van der Waals surface area contributed by atoms with Gasteiger partial charge in [0.1, 0.15) is 12.4 Å². The van der Waals surface area contributed by atoms with E-state index in [4.69, 9.17) is 4.74 Å². The average molecular weight is 378 g/mol. The second-order valence-corrected chi connectivity index (χ2v) is 7.79. The number of ether oxygens (including phenoxy) is 1. The zero-order valence-corrected chi connectivity index (χ0v) is 16.7. The van der Waals surface area contributed by atoms with Crippen molar-refractivity contribution >= 4 is 17.3 Å². The molecule has 0 aromatic carbocycles. The van der Waals surface area contributed by atoms with Crippen LogP contribution >= 0.6 is 11.3 Å². The lowest BCUT2D eigenvalue weighted by Crippen LogP contribution is -2.40. The van der Waals surface area contributed by atoms with E-state index in [0.29, 0.717) is 13.1 Å². The molecule has 9 heteroatoms. The van der Waals surface area contributed by atoms with E-state index in [2.05, 4.69) is 30.8 Å². The summed E-state index contributed by atoms with van der Waals surface area (Å²) in [5.74, 6) is 2.48. The topological polar surface area (TPSA) is 89.3 Å². The number of hydrogen-bond donors (Lipinski definition) is 2. The molecule has 1 unspecified atom stereocenters. The van der Waals surface area contributed by atoms with Crippen molar-refractivity contribution in [3.05, 3.63) is 27.2 Å².